The van der Waals surface area contributed by atoms with Crippen molar-refractivity contribution in [2.45, 2.75) is 43.9 Å². The molecular formula is C11H20FNO3. The quantitative estimate of drug-likeness (QED) is 0.781. The van der Waals surface area contributed by atoms with E-state index in [2.05, 4.69) is 5.32 Å². The van der Waals surface area contributed by atoms with Gasteiger partial charge >= 0.3 is 0 Å². The highest BCUT2D eigenvalue weighted by atomic mass is 19.1. The van der Waals surface area contributed by atoms with Gasteiger partial charge in [-0.15, -0.1) is 0 Å². The van der Waals surface area contributed by atoms with E-state index in [1.54, 1.807) is 0 Å². The van der Waals surface area contributed by atoms with Crippen molar-refractivity contribution >= 4 is 0 Å². The molecule has 94 valence electrons. The minimum Gasteiger partial charge on any atom is -0.377 e. The van der Waals surface area contributed by atoms with Crippen LogP contribution >= 0.6 is 0 Å². The summed E-state index contributed by atoms with van der Waals surface area (Å²) in [5, 5.41) is 3.07. The molecular weight excluding hydrogens is 213 g/mol. The smallest absolute Gasteiger partial charge is 0.157 e. The standard InChI is InChI=1S/C11H20FNO3/c1-14-11-8(12)6-13-9(11)7-16-10-4-2-3-5-15-10/h8-11,13H,2-7H2,1H3/t8-,9+,10?,11+/m1/s1. The number of hydrogen-bond acceptors (Lipinski definition) is 4. The zero-order chi connectivity index (χ0) is 11.4. The Kier molecular flexibility index (Phi) is 4.52. The number of hydrogen-bond donors (Lipinski definition) is 1. The lowest BCUT2D eigenvalue weighted by Crippen LogP contribution is -2.39. The van der Waals surface area contributed by atoms with Crippen molar-refractivity contribution in [1.29, 1.82) is 0 Å². The number of rotatable bonds is 4. The van der Waals surface area contributed by atoms with Gasteiger partial charge < -0.3 is 19.5 Å². The van der Waals surface area contributed by atoms with Crippen LogP contribution in [0.3, 0.4) is 0 Å². The molecule has 0 aliphatic carbocycles. The monoisotopic (exact) mass is 233 g/mol. The predicted octanol–water partition coefficient (Wildman–Crippen LogP) is 0.854. The molecule has 0 aromatic rings. The highest BCUT2D eigenvalue weighted by Gasteiger charge is 2.36. The van der Waals surface area contributed by atoms with E-state index < -0.39 is 12.3 Å². The van der Waals surface area contributed by atoms with E-state index in [9.17, 15) is 4.39 Å². The van der Waals surface area contributed by atoms with Crippen LogP contribution in [0.1, 0.15) is 19.3 Å². The van der Waals surface area contributed by atoms with Crippen molar-refractivity contribution in [3.8, 4) is 0 Å². The maximum absolute atomic E-state index is 13.3. The molecule has 0 spiro atoms. The van der Waals surface area contributed by atoms with Crippen molar-refractivity contribution in [1.82, 2.24) is 5.32 Å². The third-order valence-corrected chi connectivity index (χ3v) is 3.20. The molecule has 16 heavy (non-hydrogen) atoms. The van der Waals surface area contributed by atoms with Crippen LogP contribution in [-0.4, -0.2) is 51.5 Å². The Labute approximate surface area is 95.4 Å². The fourth-order valence-electron chi connectivity index (χ4n) is 2.27. The summed E-state index contributed by atoms with van der Waals surface area (Å²) in [7, 11) is 1.54. The summed E-state index contributed by atoms with van der Waals surface area (Å²) in [5.74, 6) is 0. The molecule has 2 saturated heterocycles. The van der Waals surface area contributed by atoms with Gasteiger partial charge in [0.05, 0.1) is 12.6 Å². The van der Waals surface area contributed by atoms with E-state index in [-0.39, 0.29) is 12.3 Å². The van der Waals surface area contributed by atoms with Crippen molar-refractivity contribution in [2.75, 3.05) is 26.9 Å². The maximum atomic E-state index is 13.3. The van der Waals surface area contributed by atoms with Gasteiger partial charge in [-0.3, -0.25) is 0 Å². The molecule has 4 nitrogen and oxygen atoms in total. The first-order chi connectivity index (χ1) is 7.81. The molecule has 2 heterocycles. The maximum Gasteiger partial charge on any atom is 0.157 e. The molecule has 0 bridgehead atoms. The van der Waals surface area contributed by atoms with E-state index in [1.807, 2.05) is 0 Å². The van der Waals surface area contributed by atoms with Crippen LogP contribution in [0.15, 0.2) is 0 Å². The van der Waals surface area contributed by atoms with Crippen molar-refractivity contribution in [3.05, 3.63) is 0 Å². The van der Waals surface area contributed by atoms with Crippen LogP contribution in [0.25, 0.3) is 0 Å². The number of alkyl halides is 1. The van der Waals surface area contributed by atoms with Crippen LogP contribution in [-0.2, 0) is 14.2 Å². The van der Waals surface area contributed by atoms with Crippen LogP contribution in [0, 0.1) is 0 Å². The minimum atomic E-state index is -0.939. The molecule has 0 saturated carbocycles. The Hall–Kier alpha value is -0.230. The Morgan fingerprint density at radius 1 is 1.44 bits per heavy atom. The molecule has 0 amide bonds. The van der Waals surface area contributed by atoms with Crippen LogP contribution in [0.5, 0.6) is 0 Å². The van der Waals surface area contributed by atoms with Gasteiger partial charge in [0.2, 0.25) is 0 Å². The third kappa shape index (κ3) is 2.91. The van der Waals surface area contributed by atoms with Gasteiger partial charge in [-0.1, -0.05) is 0 Å². The van der Waals surface area contributed by atoms with E-state index in [4.69, 9.17) is 14.2 Å². The molecule has 2 fully saturated rings. The summed E-state index contributed by atoms with van der Waals surface area (Å²) in [4.78, 5) is 0. The lowest BCUT2D eigenvalue weighted by molar-refractivity contribution is -0.169. The molecule has 2 aliphatic heterocycles. The molecule has 4 atom stereocenters. The molecule has 5 heteroatoms. The first kappa shape index (κ1) is 12.2. The van der Waals surface area contributed by atoms with Gasteiger partial charge in [0, 0.05) is 20.3 Å². The largest absolute Gasteiger partial charge is 0.377 e. The Morgan fingerprint density at radius 3 is 3.00 bits per heavy atom. The summed E-state index contributed by atoms with van der Waals surface area (Å²) >= 11 is 0. The van der Waals surface area contributed by atoms with Gasteiger partial charge in [0.15, 0.2) is 6.29 Å². The molecule has 0 radical (unpaired) electrons. The zero-order valence-electron chi connectivity index (χ0n) is 9.65. The number of ether oxygens (including phenoxy) is 3. The van der Waals surface area contributed by atoms with E-state index in [0.717, 1.165) is 25.9 Å². The van der Waals surface area contributed by atoms with E-state index in [1.165, 1.54) is 7.11 Å². The van der Waals surface area contributed by atoms with Crippen molar-refractivity contribution < 1.29 is 18.6 Å². The second kappa shape index (κ2) is 5.91. The molecule has 2 rings (SSSR count). The van der Waals surface area contributed by atoms with Gasteiger partial charge in [-0.25, -0.2) is 4.39 Å². The Morgan fingerprint density at radius 2 is 2.31 bits per heavy atom. The minimum absolute atomic E-state index is 0.0643. The average Bonchev–Trinajstić information content (AvgIpc) is 2.68. The highest BCUT2D eigenvalue weighted by Crippen LogP contribution is 2.18. The molecule has 0 aromatic carbocycles. The number of nitrogens with one attached hydrogen (secondary N) is 1. The fourth-order valence-corrected chi connectivity index (χ4v) is 2.27. The van der Waals surface area contributed by atoms with E-state index in [0.29, 0.717) is 13.2 Å². The number of halogens is 1. The van der Waals surface area contributed by atoms with Gasteiger partial charge in [0.25, 0.3) is 0 Å². The Balaban J connectivity index is 1.72. The second-order valence-electron chi connectivity index (χ2n) is 4.36. The third-order valence-electron chi connectivity index (χ3n) is 3.20. The molecule has 1 unspecified atom stereocenters. The fraction of sp³-hybridized carbons (Fsp3) is 1.00. The van der Waals surface area contributed by atoms with E-state index >= 15 is 0 Å². The summed E-state index contributed by atoms with van der Waals surface area (Å²) in [6.45, 7) is 1.56. The van der Waals surface area contributed by atoms with Gasteiger partial charge in [0.1, 0.15) is 12.3 Å². The van der Waals surface area contributed by atoms with Crippen LogP contribution in [0.4, 0.5) is 4.39 Å². The predicted molar refractivity (Wildman–Crippen MR) is 57.0 cm³/mol. The first-order valence-corrected chi connectivity index (χ1v) is 5.94. The summed E-state index contributed by atoms with van der Waals surface area (Å²) < 4.78 is 29.5. The lowest BCUT2D eigenvalue weighted by atomic mass is 10.1. The lowest BCUT2D eigenvalue weighted by Gasteiger charge is -2.26. The van der Waals surface area contributed by atoms with Gasteiger partial charge in [-0.2, -0.15) is 0 Å². The van der Waals surface area contributed by atoms with Crippen molar-refractivity contribution in [3.63, 3.8) is 0 Å². The second-order valence-corrected chi connectivity index (χ2v) is 4.36. The summed E-state index contributed by atoms with van der Waals surface area (Å²) in [5.41, 5.74) is 0. The van der Waals surface area contributed by atoms with Crippen LogP contribution in [0.2, 0.25) is 0 Å². The van der Waals surface area contributed by atoms with Gasteiger partial charge in [-0.05, 0) is 19.3 Å². The topological polar surface area (TPSA) is 39.7 Å². The molecule has 1 N–H and O–H groups in total. The van der Waals surface area contributed by atoms with Crippen LogP contribution < -0.4 is 5.32 Å². The van der Waals surface area contributed by atoms with Crippen molar-refractivity contribution in [2.24, 2.45) is 0 Å². The first-order valence-electron chi connectivity index (χ1n) is 5.94. The SMILES string of the molecule is CO[C@H]1[C@H](F)CN[C@H]1COC1CCCCO1. The molecule has 0 aromatic heterocycles. The number of methoxy groups -OCH3 is 1. The summed E-state index contributed by atoms with van der Waals surface area (Å²) in [6, 6.07) is -0.0643. The summed E-state index contributed by atoms with van der Waals surface area (Å²) in [6.07, 6.45) is 1.72. The zero-order valence-corrected chi connectivity index (χ0v) is 9.65. The normalized spacial score (nSPS) is 40.1. The average molecular weight is 233 g/mol. The highest BCUT2D eigenvalue weighted by molar-refractivity contribution is 4.91. The Bertz CT molecular complexity index is 211. The molecule has 2 aliphatic rings.